The normalized spacial score (nSPS) is 11.9. The summed E-state index contributed by atoms with van der Waals surface area (Å²) in [5.74, 6) is 0.561. The Morgan fingerprint density at radius 2 is 1.89 bits per heavy atom. The van der Waals surface area contributed by atoms with Gasteiger partial charge in [-0.2, -0.15) is 0 Å². The van der Waals surface area contributed by atoms with Gasteiger partial charge in [0.1, 0.15) is 11.6 Å². The van der Waals surface area contributed by atoms with Crippen molar-refractivity contribution in [1.82, 2.24) is 4.98 Å². The van der Waals surface area contributed by atoms with Crippen molar-refractivity contribution in [2.24, 2.45) is 0 Å². The van der Waals surface area contributed by atoms with Crippen LogP contribution in [0.3, 0.4) is 0 Å². The van der Waals surface area contributed by atoms with Crippen molar-refractivity contribution < 1.29 is 4.39 Å². The van der Waals surface area contributed by atoms with E-state index in [4.69, 9.17) is 0 Å². The molecule has 0 radical (unpaired) electrons. The van der Waals surface area contributed by atoms with Gasteiger partial charge in [-0.25, -0.2) is 9.37 Å². The molecule has 0 bridgehead atoms. The lowest BCUT2D eigenvalue weighted by Crippen LogP contribution is -2.15. The third-order valence-electron chi connectivity index (χ3n) is 3.23. The molecule has 0 saturated heterocycles. The predicted octanol–water partition coefficient (Wildman–Crippen LogP) is 4.78. The maximum atomic E-state index is 14.3. The second-order valence-electron chi connectivity index (χ2n) is 5.77. The Balaban J connectivity index is 2.90. The van der Waals surface area contributed by atoms with Gasteiger partial charge in [-0.15, -0.1) is 0 Å². The Labute approximate surface area is 121 Å². The van der Waals surface area contributed by atoms with Gasteiger partial charge in [0.15, 0.2) is 0 Å². The van der Waals surface area contributed by atoms with Crippen LogP contribution in [0, 0.1) is 12.7 Å². The highest BCUT2D eigenvalue weighted by molar-refractivity contribution is 9.10. The number of rotatable bonds is 1. The summed E-state index contributed by atoms with van der Waals surface area (Å²) in [6.07, 6.45) is 0. The first-order valence-corrected chi connectivity index (χ1v) is 7.02. The van der Waals surface area contributed by atoms with Crippen molar-refractivity contribution in [1.29, 1.82) is 0 Å². The second-order valence-corrected chi connectivity index (χ2v) is 6.62. The molecule has 0 atom stereocenters. The molecule has 102 valence electrons. The van der Waals surface area contributed by atoms with Crippen LogP contribution < -0.4 is 5.32 Å². The molecular weight excluding hydrogens is 307 g/mol. The summed E-state index contributed by atoms with van der Waals surface area (Å²) in [4.78, 5) is 4.59. The molecule has 0 aliphatic heterocycles. The van der Waals surface area contributed by atoms with Crippen molar-refractivity contribution in [2.45, 2.75) is 33.1 Å². The van der Waals surface area contributed by atoms with E-state index in [0.717, 1.165) is 16.9 Å². The van der Waals surface area contributed by atoms with E-state index in [1.807, 2.05) is 20.0 Å². The first kappa shape index (κ1) is 14.3. The lowest BCUT2D eigenvalue weighted by Gasteiger charge is -2.23. The van der Waals surface area contributed by atoms with E-state index in [1.54, 1.807) is 6.07 Å². The number of anilines is 1. The number of pyridine rings is 1. The van der Waals surface area contributed by atoms with E-state index in [0.29, 0.717) is 15.4 Å². The van der Waals surface area contributed by atoms with Gasteiger partial charge in [0.25, 0.3) is 0 Å². The fourth-order valence-electron chi connectivity index (χ4n) is 2.19. The minimum Gasteiger partial charge on any atom is -0.373 e. The Morgan fingerprint density at radius 1 is 1.26 bits per heavy atom. The van der Waals surface area contributed by atoms with Gasteiger partial charge in [0.2, 0.25) is 0 Å². The molecule has 0 amide bonds. The lowest BCUT2D eigenvalue weighted by atomic mass is 9.86. The largest absolute Gasteiger partial charge is 0.373 e. The molecule has 4 heteroatoms. The molecule has 0 saturated carbocycles. The topological polar surface area (TPSA) is 24.9 Å². The van der Waals surface area contributed by atoms with E-state index < -0.39 is 0 Å². The average molecular weight is 325 g/mol. The Kier molecular flexibility index (Phi) is 3.56. The van der Waals surface area contributed by atoms with Crippen LogP contribution in [0.2, 0.25) is 0 Å². The van der Waals surface area contributed by atoms with Crippen LogP contribution in [0.1, 0.15) is 31.9 Å². The first-order chi connectivity index (χ1) is 8.75. The molecule has 1 aromatic carbocycles. The molecule has 0 aliphatic carbocycles. The van der Waals surface area contributed by atoms with Crippen LogP contribution in [0.15, 0.2) is 16.6 Å². The monoisotopic (exact) mass is 324 g/mol. The van der Waals surface area contributed by atoms with Gasteiger partial charge in [0.05, 0.1) is 9.99 Å². The molecule has 1 heterocycles. The molecule has 2 rings (SSSR count). The van der Waals surface area contributed by atoms with Crippen LogP contribution in [0.5, 0.6) is 0 Å². The fraction of sp³-hybridized carbons (Fsp3) is 0.400. The lowest BCUT2D eigenvalue weighted by molar-refractivity contribution is 0.589. The van der Waals surface area contributed by atoms with Crippen molar-refractivity contribution in [2.75, 3.05) is 12.4 Å². The smallest absolute Gasteiger partial charge is 0.146 e. The van der Waals surface area contributed by atoms with Gasteiger partial charge in [-0.3, -0.25) is 0 Å². The summed E-state index contributed by atoms with van der Waals surface area (Å²) in [5, 5.41) is 3.68. The van der Waals surface area contributed by atoms with Gasteiger partial charge in [-0.05, 0) is 46.0 Å². The van der Waals surface area contributed by atoms with Gasteiger partial charge >= 0.3 is 0 Å². The standard InChI is InChI=1S/C15H18BrFN2/c1-8-6-11(16)12(17)9-7-10(15(2,3)4)14(18-5)19-13(8)9/h6-7H,1-5H3,(H,18,19). The Bertz CT molecular complexity index is 645. The fourth-order valence-corrected chi connectivity index (χ4v) is 2.75. The van der Waals surface area contributed by atoms with E-state index >= 15 is 0 Å². The second kappa shape index (κ2) is 4.75. The molecular formula is C15H18BrFN2. The number of aromatic nitrogens is 1. The van der Waals surface area contributed by atoms with Gasteiger partial charge in [0, 0.05) is 18.0 Å². The number of nitrogens with one attached hydrogen (secondary N) is 1. The third-order valence-corrected chi connectivity index (χ3v) is 3.81. The van der Waals surface area contributed by atoms with Crippen LogP contribution >= 0.6 is 15.9 Å². The van der Waals surface area contributed by atoms with Crippen LogP contribution in [-0.2, 0) is 5.41 Å². The number of hydrogen-bond acceptors (Lipinski definition) is 2. The summed E-state index contributed by atoms with van der Waals surface area (Å²) in [6, 6.07) is 3.67. The SMILES string of the molecule is CNc1nc2c(C)cc(Br)c(F)c2cc1C(C)(C)C. The summed E-state index contributed by atoms with van der Waals surface area (Å²) < 4.78 is 14.8. The van der Waals surface area contributed by atoms with Crippen molar-refractivity contribution in [3.8, 4) is 0 Å². The zero-order valence-electron chi connectivity index (χ0n) is 11.9. The van der Waals surface area contributed by atoms with Crippen LogP contribution in [-0.4, -0.2) is 12.0 Å². The van der Waals surface area contributed by atoms with Crippen LogP contribution in [0.25, 0.3) is 10.9 Å². The minimum absolute atomic E-state index is 0.0950. The van der Waals surface area contributed by atoms with E-state index in [-0.39, 0.29) is 11.2 Å². The number of halogens is 2. The molecule has 0 unspecified atom stereocenters. The minimum atomic E-state index is -0.249. The molecule has 0 spiro atoms. The van der Waals surface area contributed by atoms with E-state index in [9.17, 15) is 4.39 Å². The van der Waals surface area contributed by atoms with Crippen molar-refractivity contribution in [3.05, 3.63) is 33.5 Å². The zero-order chi connectivity index (χ0) is 14.4. The highest BCUT2D eigenvalue weighted by atomic mass is 79.9. The van der Waals surface area contributed by atoms with Crippen LogP contribution in [0.4, 0.5) is 10.2 Å². The van der Waals surface area contributed by atoms with Crippen molar-refractivity contribution >= 4 is 32.7 Å². The summed E-state index contributed by atoms with van der Waals surface area (Å²) in [7, 11) is 1.84. The number of aryl methyl sites for hydroxylation is 1. The number of nitrogens with zero attached hydrogens (tertiary/aromatic N) is 1. The maximum absolute atomic E-state index is 14.3. The Hall–Kier alpha value is -1.16. The van der Waals surface area contributed by atoms with E-state index in [1.165, 1.54) is 0 Å². The molecule has 1 N–H and O–H groups in total. The molecule has 2 aromatic rings. The predicted molar refractivity (Wildman–Crippen MR) is 82.4 cm³/mol. The molecule has 19 heavy (non-hydrogen) atoms. The van der Waals surface area contributed by atoms with Gasteiger partial charge < -0.3 is 5.32 Å². The average Bonchev–Trinajstić information content (AvgIpc) is 2.33. The van der Waals surface area contributed by atoms with Gasteiger partial charge in [-0.1, -0.05) is 20.8 Å². The summed E-state index contributed by atoms with van der Waals surface area (Å²) in [6.45, 7) is 8.23. The number of benzene rings is 1. The van der Waals surface area contributed by atoms with Crippen molar-refractivity contribution in [3.63, 3.8) is 0 Å². The maximum Gasteiger partial charge on any atom is 0.146 e. The summed E-state index contributed by atoms with van der Waals surface area (Å²) in [5.41, 5.74) is 2.58. The summed E-state index contributed by atoms with van der Waals surface area (Å²) >= 11 is 3.26. The first-order valence-electron chi connectivity index (χ1n) is 6.23. The highest BCUT2D eigenvalue weighted by Crippen LogP contribution is 2.34. The highest BCUT2D eigenvalue weighted by Gasteiger charge is 2.21. The van der Waals surface area contributed by atoms with E-state index in [2.05, 4.69) is 47.0 Å². The quantitative estimate of drug-likeness (QED) is 0.816. The number of hydrogen-bond donors (Lipinski definition) is 1. The molecule has 0 aliphatic rings. The third kappa shape index (κ3) is 2.46. The molecule has 2 nitrogen and oxygen atoms in total. The number of fused-ring (bicyclic) bond motifs is 1. The molecule has 1 aromatic heterocycles. The zero-order valence-corrected chi connectivity index (χ0v) is 13.4. The Morgan fingerprint density at radius 3 is 2.42 bits per heavy atom. The molecule has 0 fully saturated rings.